The molecular weight excluding hydrogens is 305 g/mol. The van der Waals surface area contributed by atoms with Gasteiger partial charge in [-0.25, -0.2) is 13.2 Å². The van der Waals surface area contributed by atoms with Gasteiger partial charge < -0.3 is 9.47 Å². The highest BCUT2D eigenvalue weighted by molar-refractivity contribution is 5.27. The van der Waals surface area contributed by atoms with Crippen LogP contribution in [0, 0.1) is 23.4 Å². The van der Waals surface area contributed by atoms with Gasteiger partial charge in [0.25, 0.3) is 0 Å². The lowest BCUT2D eigenvalue weighted by molar-refractivity contribution is -0.0510. The molecule has 0 spiro atoms. The fraction of sp³-hybridized carbons (Fsp3) is 0.333. The molecule has 1 aliphatic carbocycles. The van der Waals surface area contributed by atoms with E-state index < -0.39 is 23.2 Å². The van der Waals surface area contributed by atoms with E-state index in [1.807, 2.05) is 30.3 Å². The third kappa shape index (κ3) is 4.05. The van der Waals surface area contributed by atoms with Crippen LogP contribution in [0.2, 0.25) is 0 Å². The standard InChI is InChI=1S/C18H17F3O2/c19-14-8-16(20)18(17(21)9-14)23-11-13-6-15(7-13)22-10-12-4-2-1-3-5-12/h1-5,8-9,13,15H,6-7,10-11H2. The van der Waals surface area contributed by atoms with Crippen molar-refractivity contribution in [3.8, 4) is 5.75 Å². The smallest absolute Gasteiger partial charge is 0.190 e. The van der Waals surface area contributed by atoms with Gasteiger partial charge in [0.15, 0.2) is 17.4 Å². The zero-order valence-corrected chi connectivity index (χ0v) is 12.5. The predicted molar refractivity (Wildman–Crippen MR) is 79.6 cm³/mol. The molecule has 0 heterocycles. The van der Waals surface area contributed by atoms with Gasteiger partial charge in [0, 0.05) is 12.1 Å². The Kier molecular flexibility index (Phi) is 4.86. The molecular formula is C18H17F3O2. The van der Waals surface area contributed by atoms with E-state index in [1.54, 1.807) is 0 Å². The van der Waals surface area contributed by atoms with Gasteiger partial charge in [-0.05, 0) is 24.3 Å². The lowest BCUT2D eigenvalue weighted by atomic mass is 9.83. The van der Waals surface area contributed by atoms with Gasteiger partial charge >= 0.3 is 0 Å². The highest BCUT2D eigenvalue weighted by atomic mass is 19.1. The summed E-state index contributed by atoms with van der Waals surface area (Å²) in [5.41, 5.74) is 1.11. The molecule has 3 rings (SSSR count). The summed E-state index contributed by atoms with van der Waals surface area (Å²) in [6.45, 7) is 0.755. The molecule has 0 unspecified atom stereocenters. The lowest BCUT2D eigenvalue weighted by Gasteiger charge is -2.34. The van der Waals surface area contributed by atoms with Crippen LogP contribution in [0.25, 0.3) is 0 Å². The van der Waals surface area contributed by atoms with E-state index in [0.29, 0.717) is 18.7 Å². The average Bonchev–Trinajstić information content (AvgIpc) is 2.48. The predicted octanol–water partition coefficient (Wildman–Crippen LogP) is 4.48. The first-order valence-electron chi connectivity index (χ1n) is 7.54. The molecule has 0 N–H and O–H groups in total. The second-order valence-electron chi connectivity index (χ2n) is 5.77. The summed E-state index contributed by atoms with van der Waals surface area (Å²) >= 11 is 0. The monoisotopic (exact) mass is 322 g/mol. The quantitative estimate of drug-likeness (QED) is 0.781. The summed E-state index contributed by atoms with van der Waals surface area (Å²) in [7, 11) is 0. The fourth-order valence-corrected chi connectivity index (χ4v) is 2.60. The maximum absolute atomic E-state index is 13.4. The molecule has 2 aromatic rings. The Morgan fingerprint density at radius 2 is 1.61 bits per heavy atom. The van der Waals surface area contributed by atoms with E-state index in [4.69, 9.17) is 9.47 Å². The van der Waals surface area contributed by atoms with E-state index in [-0.39, 0.29) is 18.6 Å². The minimum Gasteiger partial charge on any atom is -0.487 e. The topological polar surface area (TPSA) is 18.5 Å². The molecule has 1 aliphatic rings. The first-order valence-corrected chi connectivity index (χ1v) is 7.54. The summed E-state index contributed by atoms with van der Waals surface area (Å²) in [5, 5.41) is 0. The molecule has 0 saturated heterocycles. The average molecular weight is 322 g/mol. The Balaban J connectivity index is 1.41. The summed E-state index contributed by atoms with van der Waals surface area (Å²) in [6, 6.07) is 11.1. The third-order valence-corrected chi connectivity index (χ3v) is 3.95. The number of rotatable bonds is 6. The Bertz CT molecular complexity index is 632. The molecule has 5 heteroatoms. The van der Waals surface area contributed by atoms with Crippen LogP contribution >= 0.6 is 0 Å². The molecule has 1 fully saturated rings. The van der Waals surface area contributed by atoms with E-state index in [0.717, 1.165) is 18.4 Å². The third-order valence-electron chi connectivity index (χ3n) is 3.95. The van der Waals surface area contributed by atoms with Crippen molar-refractivity contribution in [2.75, 3.05) is 6.61 Å². The van der Waals surface area contributed by atoms with Gasteiger partial charge in [-0.15, -0.1) is 0 Å². The Labute approximate surface area is 132 Å². The summed E-state index contributed by atoms with van der Waals surface area (Å²) in [4.78, 5) is 0. The van der Waals surface area contributed by atoms with Crippen molar-refractivity contribution in [2.45, 2.75) is 25.6 Å². The summed E-state index contributed by atoms with van der Waals surface area (Å²) < 4.78 is 50.6. The van der Waals surface area contributed by atoms with E-state index in [2.05, 4.69) is 0 Å². The Morgan fingerprint density at radius 1 is 0.957 bits per heavy atom. The molecule has 23 heavy (non-hydrogen) atoms. The first-order chi connectivity index (χ1) is 11.1. The van der Waals surface area contributed by atoms with Gasteiger partial charge in [0.2, 0.25) is 0 Å². The maximum Gasteiger partial charge on any atom is 0.190 e. The highest BCUT2D eigenvalue weighted by Crippen LogP contribution is 2.32. The molecule has 0 bridgehead atoms. The van der Waals surface area contributed by atoms with Gasteiger partial charge in [-0.1, -0.05) is 30.3 Å². The minimum atomic E-state index is -1.02. The van der Waals surface area contributed by atoms with Crippen molar-refractivity contribution >= 4 is 0 Å². The van der Waals surface area contributed by atoms with Crippen LogP contribution in [0.4, 0.5) is 13.2 Å². The van der Waals surface area contributed by atoms with E-state index in [9.17, 15) is 13.2 Å². The maximum atomic E-state index is 13.4. The first kappa shape index (κ1) is 15.9. The van der Waals surface area contributed by atoms with Gasteiger partial charge in [-0.3, -0.25) is 0 Å². The van der Waals surface area contributed by atoms with Gasteiger partial charge in [0.05, 0.1) is 19.3 Å². The molecule has 1 saturated carbocycles. The number of hydrogen-bond donors (Lipinski definition) is 0. The van der Waals surface area contributed by atoms with Crippen LogP contribution in [0.1, 0.15) is 18.4 Å². The second kappa shape index (κ2) is 7.04. The van der Waals surface area contributed by atoms with Gasteiger partial charge in [-0.2, -0.15) is 0 Å². The van der Waals surface area contributed by atoms with E-state index >= 15 is 0 Å². The van der Waals surface area contributed by atoms with Crippen molar-refractivity contribution in [1.29, 1.82) is 0 Å². The summed E-state index contributed by atoms with van der Waals surface area (Å²) in [5.74, 6) is -3.30. The number of hydrogen-bond acceptors (Lipinski definition) is 2. The normalized spacial score (nSPS) is 20.1. The van der Waals surface area contributed by atoms with Crippen LogP contribution in [0.5, 0.6) is 5.75 Å². The molecule has 0 aliphatic heterocycles. The van der Waals surface area contributed by atoms with Crippen LogP contribution in [-0.2, 0) is 11.3 Å². The molecule has 0 atom stereocenters. The number of halogens is 3. The van der Waals surface area contributed by atoms with Gasteiger partial charge in [0.1, 0.15) is 5.82 Å². The molecule has 0 radical (unpaired) electrons. The molecule has 2 nitrogen and oxygen atoms in total. The van der Waals surface area contributed by atoms with Crippen molar-refractivity contribution < 1.29 is 22.6 Å². The van der Waals surface area contributed by atoms with Crippen molar-refractivity contribution in [2.24, 2.45) is 5.92 Å². The lowest BCUT2D eigenvalue weighted by Crippen LogP contribution is -2.35. The molecule has 0 aromatic heterocycles. The minimum absolute atomic E-state index is 0.145. The number of benzene rings is 2. The van der Waals surface area contributed by atoms with Crippen LogP contribution in [-0.4, -0.2) is 12.7 Å². The second-order valence-corrected chi connectivity index (χ2v) is 5.77. The highest BCUT2D eigenvalue weighted by Gasteiger charge is 2.31. The SMILES string of the molecule is Fc1cc(F)c(OCC2CC(OCc3ccccc3)C2)c(F)c1. The van der Waals surface area contributed by atoms with Crippen LogP contribution in [0.3, 0.4) is 0 Å². The molecule has 122 valence electrons. The van der Waals surface area contributed by atoms with Crippen LogP contribution < -0.4 is 4.74 Å². The van der Waals surface area contributed by atoms with E-state index in [1.165, 1.54) is 0 Å². The molecule has 2 aromatic carbocycles. The zero-order chi connectivity index (χ0) is 16.2. The van der Waals surface area contributed by atoms with Crippen molar-refractivity contribution in [3.05, 3.63) is 65.5 Å². The number of ether oxygens (including phenoxy) is 2. The zero-order valence-electron chi connectivity index (χ0n) is 12.5. The summed E-state index contributed by atoms with van der Waals surface area (Å²) in [6.07, 6.45) is 1.72. The largest absolute Gasteiger partial charge is 0.487 e. The fourth-order valence-electron chi connectivity index (χ4n) is 2.60. The van der Waals surface area contributed by atoms with Crippen LogP contribution in [0.15, 0.2) is 42.5 Å². The Hall–Kier alpha value is -2.01. The van der Waals surface area contributed by atoms with Crippen molar-refractivity contribution in [3.63, 3.8) is 0 Å². The molecule has 0 amide bonds. The van der Waals surface area contributed by atoms with Crippen molar-refractivity contribution in [1.82, 2.24) is 0 Å². The Morgan fingerprint density at radius 3 is 2.26 bits per heavy atom.